The maximum absolute atomic E-state index is 13.7. The van der Waals surface area contributed by atoms with Crippen LogP contribution in [0, 0.1) is 6.92 Å². The number of esters is 1. The molecule has 0 amide bonds. The Morgan fingerprint density at radius 2 is 1.74 bits per heavy atom. The minimum Gasteiger partial charge on any atom is -0.467 e. The van der Waals surface area contributed by atoms with E-state index >= 15 is 0 Å². The molecule has 0 aliphatic rings. The number of benzene rings is 3. The predicted octanol–water partition coefficient (Wildman–Crippen LogP) is 5.69. The van der Waals surface area contributed by atoms with Crippen LogP contribution in [0.5, 0.6) is 0 Å². The third kappa shape index (κ3) is 3.69. The number of methoxy groups -OCH3 is 1. The van der Waals surface area contributed by atoms with Crippen LogP contribution in [-0.2, 0) is 9.53 Å². The van der Waals surface area contributed by atoms with Gasteiger partial charge in [0.1, 0.15) is 11.6 Å². The van der Waals surface area contributed by atoms with E-state index in [2.05, 4.69) is 5.10 Å². The SMILES string of the molecule is COC(=O)[C@@H](C)n1c(C)c(C=Nn2c(-c3cc4ccccc4o3)nc3ccccc3c2=O)c2ccccc21. The molecule has 8 nitrogen and oxygen atoms in total. The number of hydrogen-bond donors (Lipinski definition) is 0. The van der Waals surface area contributed by atoms with E-state index in [0.717, 1.165) is 27.5 Å². The zero-order valence-electron chi connectivity index (χ0n) is 21.1. The summed E-state index contributed by atoms with van der Waals surface area (Å²) in [4.78, 5) is 30.8. The zero-order chi connectivity index (χ0) is 26.4. The molecule has 0 bridgehead atoms. The fourth-order valence-electron chi connectivity index (χ4n) is 4.95. The molecular formula is C30H24N4O4. The monoisotopic (exact) mass is 504 g/mol. The molecule has 8 heteroatoms. The number of rotatable bonds is 5. The summed E-state index contributed by atoms with van der Waals surface area (Å²) in [5.41, 5.74) is 3.40. The molecular weight excluding hydrogens is 480 g/mol. The third-order valence-corrected chi connectivity index (χ3v) is 6.84. The summed E-state index contributed by atoms with van der Waals surface area (Å²) in [7, 11) is 1.38. The molecule has 0 aliphatic heterocycles. The second kappa shape index (κ2) is 9.15. The highest BCUT2D eigenvalue weighted by Crippen LogP contribution is 2.30. The Kier molecular flexibility index (Phi) is 5.64. The van der Waals surface area contributed by atoms with Gasteiger partial charge in [0.05, 0.1) is 24.2 Å². The van der Waals surface area contributed by atoms with Crippen LogP contribution in [0.1, 0.15) is 24.2 Å². The van der Waals surface area contributed by atoms with Crippen molar-refractivity contribution in [3.05, 3.63) is 100 Å². The van der Waals surface area contributed by atoms with Crippen LogP contribution in [0.3, 0.4) is 0 Å². The summed E-state index contributed by atoms with van der Waals surface area (Å²) in [6.45, 7) is 3.71. The van der Waals surface area contributed by atoms with E-state index in [4.69, 9.17) is 14.1 Å². The first-order valence-electron chi connectivity index (χ1n) is 12.2. The maximum Gasteiger partial charge on any atom is 0.328 e. The third-order valence-electron chi connectivity index (χ3n) is 6.84. The summed E-state index contributed by atoms with van der Waals surface area (Å²) < 4.78 is 14.3. The van der Waals surface area contributed by atoms with Crippen LogP contribution in [-0.4, -0.2) is 33.5 Å². The summed E-state index contributed by atoms with van der Waals surface area (Å²) >= 11 is 0. The van der Waals surface area contributed by atoms with Crippen molar-refractivity contribution in [2.24, 2.45) is 5.10 Å². The summed E-state index contributed by atoms with van der Waals surface area (Å²) in [6.07, 6.45) is 1.64. The average molecular weight is 505 g/mol. The predicted molar refractivity (Wildman–Crippen MR) is 148 cm³/mol. The molecule has 6 rings (SSSR count). The highest BCUT2D eigenvalue weighted by atomic mass is 16.5. The van der Waals surface area contributed by atoms with E-state index in [0.29, 0.717) is 28.1 Å². The van der Waals surface area contributed by atoms with Gasteiger partial charge in [0.15, 0.2) is 5.76 Å². The first-order chi connectivity index (χ1) is 18.5. The van der Waals surface area contributed by atoms with Gasteiger partial charge in [-0.1, -0.05) is 48.5 Å². The van der Waals surface area contributed by atoms with Crippen LogP contribution < -0.4 is 5.56 Å². The first-order valence-corrected chi connectivity index (χ1v) is 12.2. The van der Waals surface area contributed by atoms with Crippen molar-refractivity contribution in [3.63, 3.8) is 0 Å². The van der Waals surface area contributed by atoms with Crippen LogP contribution in [0.15, 0.2) is 93.2 Å². The number of carbonyl (C=O) groups is 1. The van der Waals surface area contributed by atoms with E-state index in [-0.39, 0.29) is 11.5 Å². The molecule has 0 saturated heterocycles. The summed E-state index contributed by atoms with van der Waals surface area (Å²) in [5.74, 6) is 0.384. The molecule has 0 fully saturated rings. The molecule has 6 aromatic rings. The topological polar surface area (TPSA) is 91.6 Å². The molecule has 3 aromatic heterocycles. The van der Waals surface area contributed by atoms with E-state index in [9.17, 15) is 9.59 Å². The Hall–Kier alpha value is -4.98. The van der Waals surface area contributed by atoms with Crippen molar-refractivity contribution in [1.82, 2.24) is 14.2 Å². The summed E-state index contributed by atoms with van der Waals surface area (Å²) in [5, 5.41) is 6.89. The standard InChI is InChI=1S/C30H24N4O4/c1-18-23(21-11-6-8-14-25(21)33(18)19(2)30(36)37-3)17-31-34-28(27-16-20-10-4-9-15-26(20)38-27)32-24-13-7-5-12-22(24)29(34)35/h4-17,19H,1-3H3/t19-/m1/s1. The molecule has 38 heavy (non-hydrogen) atoms. The van der Waals surface area contributed by atoms with Gasteiger partial charge < -0.3 is 13.7 Å². The van der Waals surface area contributed by atoms with Crippen molar-refractivity contribution >= 4 is 45.0 Å². The van der Waals surface area contributed by atoms with Crippen molar-refractivity contribution in [2.75, 3.05) is 7.11 Å². The van der Waals surface area contributed by atoms with E-state index in [1.807, 2.05) is 72.2 Å². The number of para-hydroxylation sites is 3. The van der Waals surface area contributed by atoms with Crippen molar-refractivity contribution in [2.45, 2.75) is 19.9 Å². The zero-order valence-corrected chi connectivity index (χ0v) is 21.1. The minimum atomic E-state index is -0.539. The van der Waals surface area contributed by atoms with Crippen molar-refractivity contribution in [3.8, 4) is 11.6 Å². The van der Waals surface area contributed by atoms with Gasteiger partial charge in [-0.05, 0) is 44.2 Å². The molecule has 3 aromatic carbocycles. The Bertz CT molecular complexity index is 1910. The number of carbonyl (C=O) groups excluding carboxylic acids is 1. The minimum absolute atomic E-state index is 0.297. The lowest BCUT2D eigenvalue weighted by molar-refractivity contribution is -0.143. The van der Waals surface area contributed by atoms with Gasteiger partial charge in [0, 0.05) is 27.5 Å². The van der Waals surface area contributed by atoms with Crippen molar-refractivity contribution in [1.29, 1.82) is 0 Å². The van der Waals surface area contributed by atoms with Gasteiger partial charge in [-0.15, -0.1) is 0 Å². The fourth-order valence-corrected chi connectivity index (χ4v) is 4.95. The lowest BCUT2D eigenvalue weighted by atomic mass is 10.1. The molecule has 188 valence electrons. The number of nitrogens with zero attached hydrogens (tertiary/aromatic N) is 4. The van der Waals surface area contributed by atoms with E-state index in [1.165, 1.54) is 11.8 Å². The molecule has 0 N–H and O–H groups in total. The Labute approximate surface area is 217 Å². The highest BCUT2D eigenvalue weighted by Gasteiger charge is 2.23. The molecule has 0 aliphatic carbocycles. The molecule has 3 heterocycles. The second-order valence-corrected chi connectivity index (χ2v) is 9.05. The van der Waals surface area contributed by atoms with Gasteiger partial charge >= 0.3 is 5.97 Å². The van der Waals surface area contributed by atoms with Gasteiger partial charge in [-0.2, -0.15) is 9.78 Å². The number of aromatic nitrogens is 3. The molecule has 0 unspecified atom stereocenters. The van der Waals surface area contributed by atoms with Crippen LogP contribution in [0.4, 0.5) is 0 Å². The average Bonchev–Trinajstić information content (AvgIpc) is 3.50. The second-order valence-electron chi connectivity index (χ2n) is 9.05. The van der Waals surface area contributed by atoms with Gasteiger partial charge in [-0.3, -0.25) is 4.79 Å². The van der Waals surface area contributed by atoms with Crippen LogP contribution in [0.25, 0.3) is 44.4 Å². The Morgan fingerprint density at radius 1 is 1.03 bits per heavy atom. The molecule has 0 saturated carbocycles. The highest BCUT2D eigenvalue weighted by molar-refractivity contribution is 6.02. The summed E-state index contributed by atoms with van der Waals surface area (Å²) in [6, 6.07) is 23.9. The quantitative estimate of drug-likeness (QED) is 0.222. The molecule has 0 spiro atoms. The van der Waals surface area contributed by atoms with Gasteiger partial charge in [-0.25, -0.2) is 9.78 Å². The smallest absolute Gasteiger partial charge is 0.328 e. The Balaban J connectivity index is 1.57. The number of ether oxygens (including phenoxy) is 1. The van der Waals surface area contributed by atoms with Crippen LogP contribution in [0.2, 0.25) is 0 Å². The molecule has 0 radical (unpaired) electrons. The van der Waals surface area contributed by atoms with Crippen LogP contribution >= 0.6 is 0 Å². The van der Waals surface area contributed by atoms with Gasteiger partial charge in [0.25, 0.3) is 5.56 Å². The lowest BCUT2D eigenvalue weighted by Crippen LogP contribution is -2.20. The van der Waals surface area contributed by atoms with Crippen molar-refractivity contribution < 1.29 is 13.9 Å². The first kappa shape index (κ1) is 23.4. The number of furan rings is 1. The lowest BCUT2D eigenvalue weighted by Gasteiger charge is -2.15. The number of hydrogen-bond acceptors (Lipinski definition) is 6. The van der Waals surface area contributed by atoms with E-state index in [1.54, 1.807) is 31.3 Å². The normalized spacial score (nSPS) is 12.6. The Morgan fingerprint density at radius 3 is 2.53 bits per heavy atom. The maximum atomic E-state index is 13.7. The molecule has 1 atom stereocenters. The fraction of sp³-hybridized carbons (Fsp3) is 0.133. The largest absolute Gasteiger partial charge is 0.467 e. The van der Waals surface area contributed by atoms with Gasteiger partial charge in [0.2, 0.25) is 5.82 Å². The van der Waals surface area contributed by atoms with E-state index < -0.39 is 6.04 Å². The number of fused-ring (bicyclic) bond motifs is 3.